The molecule has 2 aromatic carbocycles. The second kappa shape index (κ2) is 9.19. The van der Waals surface area contributed by atoms with Crippen molar-refractivity contribution in [2.24, 2.45) is 0 Å². The number of fused-ring (bicyclic) bond motifs is 3. The number of aliphatic hydroxyl groups excluding tert-OH is 1. The average Bonchev–Trinajstić information content (AvgIpc) is 3.15. The molecule has 0 saturated heterocycles. The van der Waals surface area contributed by atoms with Gasteiger partial charge < -0.3 is 10.0 Å². The molecule has 0 fully saturated rings. The fourth-order valence-electron chi connectivity index (χ4n) is 4.50. The summed E-state index contributed by atoms with van der Waals surface area (Å²) in [5, 5.41) is 15.0. The minimum absolute atomic E-state index is 0.180. The van der Waals surface area contributed by atoms with Crippen LogP contribution in [0.15, 0.2) is 67.0 Å². The van der Waals surface area contributed by atoms with Gasteiger partial charge in [-0.2, -0.15) is 5.10 Å². The summed E-state index contributed by atoms with van der Waals surface area (Å²) in [6.45, 7) is 2.02. The molecule has 1 N–H and O–H groups in total. The second-order valence-corrected chi connectivity index (χ2v) is 8.72. The number of nitrogens with zero attached hydrogens (tertiary/aromatic N) is 5. The van der Waals surface area contributed by atoms with Crippen molar-refractivity contribution in [1.82, 2.24) is 24.6 Å². The Morgan fingerprint density at radius 1 is 1.06 bits per heavy atom. The zero-order chi connectivity index (χ0) is 23.7. The van der Waals surface area contributed by atoms with Gasteiger partial charge in [0.2, 0.25) is 0 Å². The number of carbonyl (C=O) groups excluding carboxylic acids is 1. The van der Waals surface area contributed by atoms with E-state index in [4.69, 9.17) is 4.98 Å². The lowest BCUT2D eigenvalue weighted by atomic mass is 10.0. The molecular formula is C27H27N5O2. The highest BCUT2D eigenvalue weighted by Gasteiger charge is 2.23. The number of aliphatic hydroxyl groups is 1. The highest BCUT2D eigenvalue weighted by atomic mass is 16.3. The summed E-state index contributed by atoms with van der Waals surface area (Å²) in [5.74, 6) is 0.234. The molecule has 1 aliphatic carbocycles. The van der Waals surface area contributed by atoms with Crippen LogP contribution >= 0.6 is 0 Å². The van der Waals surface area contributed by atoms with Gasteiger partial charge in [0.05, 0.1) is 35.8 Å². The van der Waals surface area contributed by atoms with Gasteiger partial charge in [-0.3, -0.25) is 4.79 Å². The normalized spacial score (nSPS) is 13.5. The third-order valence-electron chi connectivity index (χ3n) is 6.42. The average molecular weight is 454 g/mol. The van der Waals surface area contributed by atoms with Crippen LogP contribution in [0, 0.1) is 6.92 Å². The minimum Gasteiger partial charge on any atom is -0.387 e. The SMILES string of the molecule is Cc1c(C(=O)N(C)CC(O)c2ccccc2)cnn1-c1ncc2c(n1)-c1ccccc1CCC2. The van der Waals surface area contributed by atoms with Gasteiger partial charge >= 0.3 is 0 Å². The molecule has 0 aliphatic heterocycles. The van der Waals surface area contributed by atoms with Crippen LogP contribution in [0.3, 0.4) is 0 Å². The van der Waals surface area contributed by atoms with Crippen LogP contribution in [0.25, 0.3) is 17.2 Å². The van der Waals surface area contributed by atoms with Crippen molar-refractivity contribution < 1.29 is 9.90 Å². The predicted octanol–water partition coefficient (Wildman–Crippen LogP) is 3.93. The first-order chi connectivity index (χ1) is 16.5. The van der Waals surface area contributed by atoms with Crippen LogP contribution in [0.1, 0.15) is 45.3 Å². The van der Waals surface area contributed by atoms with E-state index in [1.165, 1.54) is 10.5 Å². The predicted molar refractivity (Wildman–Crippen MR) is 130 cm³/mol. The monoisotopic (exact) mass is 453 g/mol. The zero-order valence-corrected chi connectivity index (χ0v) is 19.3. The molecule has 1 atom stereocenters. The van der Waals surface area contributed by atoms with Crippen LogP contribution in [-0.2, 0) is 12.8 Å². The first-order valence-corrected chi connectivity index (χ1v) is 11.5. The van der Waals surface area contributed by atoms with Crippen molar-refractivity contribution in [3.63, 3.8) is 0 Å². The van der Waals surface area contributed by atoms with Crippen molar-refractivity contribution in [2.45, 2.75) is 32.3 Å². The molecule has 2 aromatic heterocycles. The molecule has 7 nitrogen and oxygen atoms in total. The maximum absolute atomic E-state index is 13.1. The third-order valence-corrected chi connectivity index (χ3v) is 6.42. The van der Waals surface area contributed by atoms with Crippen molar-refractivity contribution in [3.05, 3.63) is 94.9 Å². The molecule has 34 heavy (non-hydrogen) atoms. The Morgan fingerprint density at radius 3 is 2.62 bits per heavy atom. The molecule has 5 rings (SSSR count). The van der Waals surface area contributed by atoms with Gasteiger partial charge in [-0.25, -0.2) is 14.6 Å². The van der Waals surface area contributed by atoms with Crippen molar-refractivity contribution in [1.29, 1.82) is 0 Å². The summed E-state index contributed by atoms with van der Waals surface area (Å²) in [4.78, 5) is 24.1. The largest absolute Gasteiger partial charge is 0.387 e. The number of hydrogen-bond donors (Lipinski definition) is 1. The molecular weight excluding hydrogens is 426 g/mol. The summed E-state index contributed by atoms with van der Waals surface area (Å²) in [7, 11) is 1.68. The number of hydrogen-bond acceptors (Lipinski definition) is 5. The quantitative estimate of drug-likeness (QED) is 0.495. The van der Waals surface area contributed by atoms with Gasteiger partial charge in [0, 0.05) is 18.8 Å². The number of rotatable bonds is 5. The van der Waals surface area contributed by atoms with Gasteiger partial charge in [0.1, 0.15) is 0 Å². The number of amides is 1. The van der Waals surface area contributed by atoms with Gasteiger partial charge in [-0.15, -0.1) is 0 Å². The topological polar surface area (TPSA) is 84.1 Å². The van der Waals surface area contributed by atoms with E-state index >= 15 is 0 Å². The van der Waals surface area contributed by atoms with Crippen LogP contribution in [0.5, 0.6) is 0 Å². The Kier molecular flexibility index (Phi) is 5.94. The molecule has 1 aliphatic rings. The van der Waals surface area contributed by atoms with Crippen LogP contribution in [0.2, 0.25) is 0 Å². The van der Waals surface area contributed by atoms with Gasteiger partial charge in [0.25, 0.3) is 11.9 Å². The molecule has 0 bridgehead atoms. The Balaban J connectivity index is 1.42. The van der Waals surface area contributed by atoms with Crippen molar-refractivity contribution in [2.75, 3.05) is 13.6 Å². The van der Waals surface area contributed by atoms with E-state index in [2.05, 4.69) is 28.3 Å². The summed E-state index contributed by atoms with van der Waals surface area (Å²) in [6, 6.07) is 17.7. The van der Waals surface area contributed by atoms with E-state index < -0.39 is 6.10 Å². The lowest BCUT2D eigenvalue weighted by Gasteiger charge is -2.21. The lowest BCUT2D eigenvalue weighted by Crippen LogP contribution is -2.31. The van der Waals surface area contributed by atoms with Crippen molar-refractivity contribution >= 4 is 5.91 Å². The molecule has 172 valence electrons. The first-order valence-electron chi connectivity index (χ1n) is 11.5. The summed E-state index contributed by atoms with van der Waals surface area (Å²) >= 11 is 0. The van der Waals surface area contributed by atoms with E-state index in [0.29, 0.717) is 17.2 Å². The highest BCUT2D eigenvalue weighted by Crippen LogP contribution is 2.31. The molecule has 7 heteroatoms. The van der Waals surface area contributed by atoms with Gasteiger partial charge in [0.15, 0.2) is 0 Å². The Hall–Kier alpha value is -3.84. The van der Waals surface area contributed by atoms with E-state index in [1.54, 1.807) is 17.9 Å². The highest BCUT2D eigenvalue weighted by molar-refractivity contribution is 5.95. The van der Waals surface area contributed by atoms with Gasteiger partial charge in [-0.1, -0.05) is 54.6 Å². The number of carbonyl (C=O) groups is 1. The molecule has 1 unspecified atom stereocenters. The molecule has 0 saturated carbocycles. The Morgan fingerprint density at radius 2 is 1.79 bits per heavy atom. The molecule has 1 amide bonds. The number of aryl methyl sites for hydroxylation is 2. The summed E-state index contributed by atoms with van der Waals surface area (Å²) in [5.41, 5.74) is 6.38. The van der Waals surface area contributed by atoms with Crippen molar-refractivity contribution in [3.8, 4) is 17.2 Å². The first kappa shape index (κ1) is 22.0. The lowest BCUT2D eigenvalue weighted by molar-refractivity contribution is 0.0680. The molecule has 2 heterocycles. The zero-order valence-electron chi connectivity index (χ0n) is 19.3. The number of benzene rings is 2. The number of likely N-dealkylation sites (N-methyl/N-ethyl adjacent to an activating group) is 1. The Bertz CT molecular complexity index is 1330. The van der Waals surface area contributed by atoms with E-state index in [1.807, 2.05) is 49.5 Å². The fourth-order valence-corrected chi connectivity index (χ4v) is 4.50. The standard InChI is InChI=1S/C27H27N5O2/c1-18-23(26(34)31(2)17-24(33)20-10-4-3-5-11-20)16-29-32(18)27-28-15-21-13-8-12-19-9-6-7-14-22(19)25(21)30-27/h3-7,9-11,14-16,24,33H,8,12-13,17H2,1-2H3. The number of aromatic nitrogens is 4. The van der Waals surface area contributed by atoms with Crippen LogP contribution in [0.4, 0.5) is 0 Å². The van der Waals surface area contributed by atoms with E-state index in [0.717, 1.165) is 41.6 Å². The molecule has 0 spiro atoms. The maximum Gasteiger partial charge on any atom is 0.257 e. The summed E-state index contributed by atoms with van der Waals surface area (Å²) < 4.78 is 1.61. The van der Waals surface area contributed by atoms with Gasteiger partial charge in [-0.05, 0) is 42.9 Å². The fraction of sp³-hybridized carbons (Fsp3) is 0.259. The summed E-state index contributed by atoms with van der Waals surface area (Å²) in [6.07, 6.45) is 5.67. The molecule has 0 radical (unpaired) electrons. The van der Waals surface area contributed by atoms with E-state index in [-0.39, 0.29) is 12.5 Å². The maximum atomic E-state index is 13.1. The van der Waals surface area contributed by atoms with Crippen LogP contribution < -0.4 is 0 Å². The van der Waals surface area contributed by atoms with E-state index in [9.17, 15) is 9.90 Å². The Labute approximate surface area is 198 Å². The second-order valence-electron chi connectivity index (χ2n) is 8.72. The smallest absolute Gasteiger partial charge is 0.257 e. The minimum atomic E-state index is -0.765. The third kappa shape index (κ3) is 4.10. The van der Waals surface area contributed by atoms with Crippen LogP contribution in [-0.4, -0.2) is 49.3 Å². The molecule has 4 aromatic rings.